The second kappa shape index (κ2) is 8.58. The number of nitrogens with zero attached hydrogens (tertiary/aromatic N) is 1. The molecule has 6 heteroatoms. The van der Waals surface area contributed by atoms with Gasteiger partial charge in [-0.3, -0.25) is 9.59 Å². The molecule has 1 aliphatic rings. The highest BCUT2D eigenvalue weighted by molar-refractivity contribution is 5.92. The zero-order chi connectivity index (χ0) is 18.4. The molecule has 3 rings (SSSR count). The van der Waals surface area contributed by atoms with E-state index in [-0.39, 0.29) is 24.1 Å². The molecular formula is C20H21FN2O3. The predicted octanol–water partition coefficient (Wildman–Crippen LogP) is 2.41. The molecule has 2 amide bonds. The minimum absolute atomic E-state index is 0.0846. The molecule has 26 heavy (non-hydrogen) atoms. The van der Waals surface area contributed by atoms with Gasteiger partial charge in [-0.1, -0.05) is 24.3 Å². The second-order valence-electron chi connectivity index (χ2n) is 6.22. The minimum Gasteiger partial charge on any atom is -0.378 e. The number of morpholine rings is 1. The van der Waals surface area contributed by atoms with E-state index in [1.165, 1.54) is 12.1 Å². The summed E-state index contributed by atoms with van der Waals surface area (Å²) < 4.78 is 18.1. The number of benzene rings is 2. The summed E-state index contributed by atoms with van der Waals surface area (Å²) in [4.78, 5) is 26.1. The number of carbonyl (C=O) groups excluding carboxylic acids is 2. The molecule has 2 aromatic rings. The van der Waals surface area contributed by atoms with Crippen molar-refractivity contribution in [2.45, 2.75) is 12.8 Å². The normalized spacial score (nSPS) is 14.1. The van der Waals surface area contributed by atoms with E-state index in [4.69, 9.17) is 4.74 Å². The molecule has 0 spiro atoms. The molecule has 1 N–H and O–H groups in total. The number of nitrogens with one attached hydrogen (secondary N) is 1. The Morgan fingerprint density at radius 1 is 0.923 bits per heavy atom. The van der Waals surface area contributed by atoms with Gasteiger partial charge in [-0.05, 0) is 35.4 Å². The first-order valence-corrected chi connectivity index (χ1v) is 8.59. The van der Waals surface area contributed by atoms with Crippen LogP contribution in [0.2, 0.25) is 0 Å². The second-order valence-corrected chi connectivity index (χ2v) is 6.22. The van der Waals surface area contributed by atoms with Crippen LogP contribution in [0.1, 0.15) is 11.1 Å². The average Bonchev–Trinajstić information content (AvgIpc) is 2.66. The van der Waals surface area contributed by atoms with Crippen LogP contribution in [-0.4, -0.2) is 43.0 Å². The summed E-state index contributed by atoms with van der Waals surface area (Å²) in [6.45, 7) is 2.45. The number of amides is 2. The van der Waals surface area contributed by atoms with Gasteiger partial charge in [0.2, 0.25) is 11.8 Å². The van der Waals surface area contributed by atoms with Gasteiger partial charge >= 0.3 is 0 Å². The van der Waals surface area contributed by atoms with Crippen LogP contribution in [0.3, 0.4) is 0 Å². The Morgan fingerprint density at radius 2 is 1.50 bits per heavy atom. The molecule has 0 aromatic heterocycles. The van der Waals surface area contributed by atoms with E-state index >= 15 is 0 Å². The summed E-state index contributed by atoms with van der Waals surface area (Å²) in [5.41, 5.74) is 2.31. The highest BCUT2D eigenvalue weighted by Gasteiger charge is 2.16. The minimum atomic E-state index is -0.323. The smallest absolute Gasteiger partial charge is 0.228 e. The van der Waals surface area contributed by atoms with Crippen LogP contribution in [0.5, 0.6) is 0 Å². The van der Waals surface area contributed by atoms with Gasteiger partial charge < -0.3 is 15.0 Å². The summed E-state index contributed by atoms with van der Waals surface area (Å²) >= 11 is 0. The number of hydrogen-bond acceptors (Lipinski definition) is 3. The Labute approximate surface area is 151 Å². The lowest BCUT2D eigenvalue weighted by atomic mass is 10.1. The molecule has 1 heterocycles. The molecule has 1 aliphatic heterocycles. The monoisotopic (exact) mass is 356 g/mol. The summed E-state index contributed by atoms with van der Waals surface area (Å²) in [7, 11) is 0. The van der Waals surface area contributed by atoms with Crippen LogP contribution in [0.15, 0.2) is 48.5 Å². The third-order valence-corrected chi connectivity index (χ3v) is 4.23. The summed E-state index contributed by atoms with van der Waals surface area (Å²) in [5, 5.41) is 2.80. The van der Waals surface area contributed by atoms with E-state index in [1.54, 1.807) is 24.3 Å². The zero-order valence-corrected chi connectivity index (χ0v) is 14.4. The lowest BCUT2D eigenvalue weighted by Gasteiger charge is -2.26. The molecule has 2 aromatic carbocycles. The van der Waals surface area contributed by atoms with E-state index < -0.39 is 0 Å². The third kappa shape index (κ3) is 5.13. The first-order valence-electron chi connectivity index (χ1n) is 8.59. The van der Waals surface area contributed by atoms with Crippen molar-refractivity contribution in [3.63, 3.8) is 0 Å². The maximum atomic E-state index is 12.9. The van der Waals surface area contributed by atoms with Crippen molar-refractivity contribution in [1.82, 2.24) is 4.90 Å². The topological polar surface area (TPSA) is 58.6 Å². The number of hydrogen-bond donors (Lipinski definition) is 1. The van der Waals surface area contributed by atoms with E-state index in [1.807, 2.05) is 17.0 Å². The molecule has 1 saturated heterocycles. The fourth-order valence-corrected chi connectivity index (χ4v) is 2.80. The number of rotatable bonds is 5. The molecule has 1 fully saturated rings. The molecule has 0 saturated carbocycles. The lowest BCUT2D eigenvalue weighted by molar-refractivity contribution is -0.134. The van der Waals surface area contributed by atoms with E-state index in [0.717, 1.165) is 11.1 Å². The molecular weight excluding hydrogens is 335 g/mol. The highest BCUT2D eigenvalue weighted by atomic mass is 19.1. The summed E-state index contributed by atoms with van der Waals surface area (Å²) in [6, 6.07) is 13.1. The van der Waals surface area contributed by atoms with Crippen LogP contribution in [-0.2, 0) is 27.2 Å². The number of carbonyl (C=O) groups is 2. The van der Waals surface area contributed by atoms with Crippen LogP contribution < -0.4 is 5.32 Å². The maximum absolute atomic E-state index is 12.9. The van der Waals surface area contributed by atoms with Crippen molar-refractivity contribution in [1.29, 1.82) is 0 Å². The molecule has 5 nitrogen and oxygen atoms in total. The Kier molecular flexibility index (Phi) is 5.96. The lowest BCUT2D eigenvalue weighted by Crippen LogP contribution is -2.41. The summed E-state index contributed by atoms with van der Waals surface area (Å²) in [6.07, 6.45) is 0.515. The van der Waals surface area contributed by atoms with Gasteiger partial charge in [-0.15, -0.1) is 0 Å². The molecule has 0 aliphatic carbocycles. The van der Waals surface area contributed by atoms with Gasteiger partial charge in [0, 0.05) is 18.8 Å². The molecule has 0 bridgehead atoms. The van der Waals surface area contributed by atoms with Crippen molar-refractivity contribution < 1.29 is 18.7 Å². The fraction of sp³-hybridized carbons (Fsp3) is 0.300. The standard InChI is InChI=1S/C20H21FN2O3/c21-17-5-1-15(2-6-17)13-19(24)22-18-7-3-16(4-8-18)14-20(25)23-9-11-26-12-10-23/h1-8H,9-14H2,(H,22,24). The van der Waals surface area contributed by atoms with Crippen molar-refractivity contribution in [2.75, 3.05) is 31.6 Å². The van der Waals surface area contributed by atoms with Gasteiger partial charge in [-0.2, -0.15) is 0 Å². The molecule has 0 atom stereocenters. The number of halogens is 1. The van der Waals surface area contributed by atoms with Crippen LogP contribution in [0, 0.1) is 5.82 Å². The van der Waals surface area contributed by atoms with Gasteiger partial charge in [0.1, 0.15) is 5.82 Å². The van der Waals surface area contributed by atoms with Crippen LogP contribution in [0.4, 0.5) is 10.1 Å². The summed E-state index contributed by atoms with van der Waals surface area (Å²) in [5.74, 6) is -0.411. The van der Waals surface area contributed by atoms with E-state index in [2.05, 4.69) is 5.32 Å². The van der Waals surface area contributed by atoms with E-state index in [0.29, 0.717) is 38.4 Å². The quantitative estimate of drug-likeness (QED) is 0.895. The zero-order valence-electron chi connectivity index (χ0n) is 14.4. The van der Waals surface area contributed by atoms with Gasteiger partial charge in [0.25, 0.3) is 0 Å². The molecule has 0 radical (unpaired) electrons. The Bertz CT molecular complexity index is 754. The first kappa shape index (κ1) is 18.1. The Balaban J connectivity index is 1.51. The van der Waals surface area contributed by atoms with Gasteiger partial charge in [-0.25, -0.2) is 4.39 Å². The first-order chi connectivity index (χ1) is 12.6. The SMILES string of the molecule is O=C(Cc1ccc(F)cc1)Nc1ccc(CC(=O)N2CCOCC2)cc1. The third-order valence-electron chi connectivity index (χ3n) is 4.23. The van der Waals surface area contributed by atoms with Gasteiger partial charge in [0.05, 0.1) is 26.1 Å². The molecule has 136 valence electrons. The van der Waals surface area contributed by atoms with E-state index in [9.17, 15) is 14.0 Å². The maximum Gasteiger partial charge on any atom is 0.228 e. The van der Waals surface area contributed by atoms with Gasteiger partial charge in [0.15, 0.2) is 0 Å². The van der Waals surface area contributed by atoms with Crippen molar-refractivity contribution in [2.24, 2.45) is 0 Å². The number of anilines is 1. The molecule has 0 unspecified atom stereocenters. The number of ether oxygens (including phenoxy) is 1. The average molecular weight is 356 g/mol. The van der Waals surface area contributed by atoms with Crippen LogP contribution >= 0.6 is 0 Å². The van der Waals surface area contributed by atoms with Crippen molar-refractivity contribution >= 4 is 17.5 Å². The largest absolute Gasteiger partial charge is 0.378 e. The van der Waals surface area contributed by atoms with Crippen LogP contribution in [0.25, 0.3) is 0 Å². The van der Waals surface area contributed by atoms with Crippen molar-refractivity contribution in [3.05, 3.63) is 65.5 Å². The Morgan fingerprint density at radius 3 is 2.15 bits per heavy atom. The Hall–Kier alpha value is -2.73. The fourth-order valence-electron chi connectivity index (χ4n) is 2.80. The van der Waals surface area contributed by atoms with Crippen molar-refractivity contribution in [3.8, 4) is 0 Å². The predicted molar refractivity (Wildman–Crippen MR) is 96.3 cm³/mol. The highest BCUT2D eigenvalue weighted by Crippen LogP contribution is 2.13.